The monoisotopic (exact) mass is 332 g/mol. The number of hydrogen-bond donors (Lipinski definition) is 2. The van der Waals surface area contributed by atoms with Crippen LogP contribution in [0.15, 0.2) is 18.2 Å². The van der Waals surface area contributed by atoms with E-state index in [1.54, 1.807) is 7.11 Å². The molecule has 0 radical (unpaired) electrons. The smallest absolute Gasteiger partial charge is 0.305 e. The second kappa shape index (κ2) is 7.86. The van der Waals surface area contributed by atoms with Gasteiger partial charge in [-0.05, 0) is 36.6 Å². The zero-order chi connectivity index (χ0) is 17.7. The Bertz CT molecular complexity index is 736. The van der Waals surface area contributed by atoms with Gasteiger partial charge < -0.3 is 19.8 Å². The van der Waals surface area contributed by atoms with Crippen LogP contribution in [0.5, 0.6) is 5.75 Å². The van der Waals surface area contributed by atoms with E-state index >= 15 is 0 Å². The van der Waals surface area contributed by atoms with Crippen LogP contribution in [0, 0.1) is 0 Å². The molecule has 6 nitrogen and oxygen atoms in total. The number of methoxy groups -OCH3 is 2. The van der Waals surface area contributed by atoms with Crippen LogP contribution in [-0.4, -0.2) is 37.1 Å². The number of carbonyl (C=O) groups excluding carboxylic acids is 2. The van der Waals surface area contributed by atoms with Crippen molar-refractivity contribution in [3.8, 4) is 5.75 Å². The van der Waals surface area contributed by atoms with Gasteiger partial charge in [-0.2, -0.15) is 0 Å². The number of carbonyl (C=O) groups is 2. The SMILES string of the molecule is CC.COC(=O)CCC1Cc2c([nH]c3ccc(OC)cc23)C(=O)N1. The zero-order valence-electron chi connectivity index (χ0n) is 14.6. The van der Waals surface area contributed by atoms with E-state index in [9.17, 15) is 9.59 Å². The van der Waals surface area contributed by atoms with Crippen molar-refractivity contribution >= 4 is 22.8 Å². The molecule has 0 spiro atoms. The van der Waals surface area contributed by atoms with Crippen molar-refractivity contribution in [2.24, 2.45) is 0 Å². The van der Waals surface area contributed by atoms with E-state index in [-0.39, 0.29) is 17.9 Å². The molecule has 130 valence electrons. The molecule has 1 amide bonds. The number of benzene rings is 1. The van der Waals surface area contributed by atoms with Gasteiger partial charge in [0.15, 0.2) is 0 Å². The zero-order valence-corrected chi connectivity index (χ0v) is 14.6. The van der Waals surface area contributed by atoms with E-state index < -0.39 is 0 Å². The molecule has 1 aromatic heterocycles. The Morgan fingerprint density at radius 2 is 2.04 bits per heavy atom. The Morgan fingerprint density at radius 1 is 1.29 bits per heavy atom. The number of esters is 1. The van der Waals surface area contributed by atoms with Gasteiger partial charge in [0.1, 0.15) is 11.4 Å². The van der Waals surface area contributed by atoms with Crippen LogP contribution >= 0.6 is 0 Å². The third kappa shape index (κ3) is 3.53. The summed E-state index contributed by atoms with van der Waals surface area (Å²) in [5.74, 6) is 0.360. The summed E-state index contributed by atoms with van der Waals surface area (Å²) >= 11 is 0. The summed E-state index contributed by atoms with van der Waals surface area (Å²) in [6.45, 7) is 4.00. The largest absolute Gasteiger partial charge is 0.497 e. The molecule has 3 rings (SSSR count). The highest BCUT2D eigenvalue weighted by Gasteiger charge is 2.28. The van der Waals surface area contributed by atoms with Gasteiger partial charge in [-0.1, -0.05) is 13.8 Å². The molecule has 1 aromatic carbocycles. The molecule has 1 aliphatic rings. The lowest BCUT2D eigenvalue weighted by Gasteiger charge is -2.23. The number of ether oxygens (including phenoxy) is 2. The number of amides is 1. The van der Waals surface area contributed by atoms with Crippen molar-refractivity contribution in [3.63, 3.8) is 0 Å². The average Bonchev–Trinajstić information content (AvgIpc) is 2.99. The maximum atomic E-state index is 12.2. The summed E-state index contributed by atoms with van der Waals surface area (Å²) in [6, 6.07) is 5.63. The van der Waals surface area contributed by atoms with Crippen molar-refractivity contribution < 1.29 is 19.1 Å². The van der Waals surface area contributed by atoms with E-state index in [2.05, 4.69) is 15.0 Å². The highest BCUT2D eigenvalue weighted by molar-refractivity contribution is 6.02. The first-order valence-electron chi connectivity index (χ1n) is 8.18. The predicted octanol–water partition coefficient (Wildman–Crippen LogP) is 2.81. The molecular weight excluding hydrogens is 308 g/mol. The Labute approximate surface area is 141 Å². The van der Waals surface area contributed by atoms with Crippen LogP contribution in [0.3, 0.4) is 0 Å². The first-order valence-corrected chi connectivity index (χ1v) is 8.18. The van der Waals surface area contributed by atoms with E-state index in [0.29, 0.717) is 25.0 Å². The number of hydrogen-bond acceptors (Lipinski definition) is 4. The topological polar surface area (TPSA) is 80.4 Å². The van der Waals surface area contributed by atoms with Gasteiger partial charge in [-0.15, -0.1) is 0 Å². The molecule has 24 heavy (non-hydrogen) atoms. The van der Waals surface area contributed by atoms with Crippen molar-refractivity contribution in [1.82, 2.24) is 10.3 Å². The second-order valence-electron chi connectivity index (χ2n) is 5.38. The second-order valence-corrected chi connectivity index (χ2v) is 5.38. The normalized spacial score (nSPS) is 15.8. The fourth-order valence-corrected chi connectivity index (χ4v) is 2.88. The van der Waals surface area contributed by atoms with Crippen LogP contribution < -0.4 is 10.1 Å². The van der Waals surface area contributed by atoms with Crippen LogP contribution in [0.1, 0.15) is 42.7 Å². The molecule has 2 N–H and O–H groups in total. The van der Waals surface area contributed by atoms with Crippen LogP contribution in [0.2, 0.25) is 0 Å². The third-order valence-electron chi connectivity index (χ3n) is 4.05. The van der Waals surface area contributed by atoms with Crippen molar-refractivity contribution in [2.45, 2.75) is 39.2 Å². The maximum absolute atomic E-state index is 12.2. The summed E-state index contributed by atoms with van der Waals surface area (Å²) in [7, 11) is 2.98. The summed E-state index contributed by atoms with van der Waals surface area (Å²) in [6.07, 6.45) is 1.54. The number of nitrogens with one attached hydrogen (secondary N) is 2. The number of aromatic nitrogens is 1. The fourth-order valence-electron chi connectivity index (χ4n) is 2.88. The molecule has 0 saturated carbocycles. The van der Waals surface area contributed by atoms with Crippen LogP contribution in [0.4, 0.5) is 0 Å². The average molecular weight is 332 g/mol. The lowest BCUT2D eigenvalue weighted by atomic mass is 9.95. The molecule has 2 heterocycles. The molecule has 1 atom stereocenters. The Hall–Kier alpha value is -2.50. The van der Waals surface area contributed by atoms with Gasteiger partial charge in [0.2, 0.25) is 0 Å². The predicted molar refractivity (Wildman–Crippen MR) is 92.4 cm³/mol. The molecule has 0 bridgehead atoms. The van der Waals surface area contributed by atoms with Gasteiger partial charge in [0.05, 0.1) is 14.2 Å². The molecule has 0 aliphatic carbocycles. The molecule has 1 aliphatic heterocycles. The molecule has 1 unspecified atom stereocenters. The third-order valence-corrected chi connectivity index (χ3v) is 4.05. The first kappa shape index (κ1) is 17.8. The van der Waals surface area contributed by atoms with Crippen LogP contribution in [-0.2, 0) is 16.0 Å². The van der Waals surface area contributed by atoms with Gasteiger partial charge in [-0.25, -0.2) is 0 Å². The molecular formula is C18H24N2O4. The van der Waals surface area contributed by atoms with Crippen molar-refractivity contribution in [2.75, 3.05) is 14.2 Å². The fraction of sp³-hybridized carbons (Fsp3) is 0.444. The molecule has 0 saturated heterocycles. The lowest BCUT2D eigenvalue weighted by molar-refractivity contribution is -0.140. The summed E-state index contributed by atoms with van der Waals surface area (Å²) in [4.78, 5) is 26.7. The molecule has 6 heteroatoms. The minimum atomic E-state index is -0.263. The van der Waals surface area contributed by atoms with E-state index in [0.717, 1.165) is 22.2 Å². The summed E-state index contributed by atoms with van der Waals surface area (Å²) in [5.41, 5.74) is 2.49. The highest BCUT2D eigenvalue weighted by Crippen LogP contribution is 2.30. The molecule has 0 fully saturated rings. The Kier molecular flexibility index (Phi) is 5.84. The van der Waals surface area contributed by atoms with Crippen LogP contribution in [0.25, 0.3) is 10.9 Å². The van der Waals surface area contributed by atoms with Gasteiger partial charge >= 0.3 is 5.97 Å². The first-order chi connectivity index (χ1) is 11.6. The van der Waals surface area contributed by atoms with E-state index in [1.807, 2.05) is 32.0 Å². The number of fused-ring (bicyclic) bond motifs is 3. The Balaban J connectivity index is 0.00000100. The minimum absolute atomic E-state index is 0.0655. The molecule has 2 aromatic rings. The summed E-state index contributed by atoms with van der Waals surface area (Å²) < 4.78 is 9.90. The quantitative estimate of drug-likeness (QED) is 0.844. The van der Waals surface area contributed by atoms with E-state index in [4.69, 9.17) is 4.74 Å². The van der Waals surface area contributed by atoms with Crippen molar-refractivity contribution in [3.05, 3.63) is 29.5 Å². The van der Waals surface area contributed by atoms with E-state index in [1.165, 1.54) is 7.11 Å². The van der Waals surface area contributed by atoms with Gasteiger partial charge in [0.25, 0.3) is 5.91 Å². The lowest BCUT2D eigenvalue weighted by Crippen LogP contribution is -2.41. The maximum Gasteiger partial charge on any atom is 0.305 e. The number of H-pyrrole nitrogens is 1. The van der Waals surface area contributed by atoms with Gasteiger partial charge in [0, 0.05) is 23.4 Å². The number of rotatable bonds is 4. The Morgan fingerprint density at radius 3 is 2.71 bits per heavy atom. The van der Waals surface area contributed by atoms with Crippen molar-refractivity contribution in [1.29, 1.82) is 0 Å². The highest BCUT2D eigenvalue weighted by atomic mass is 16.5. The summed E-state index contributed by atoms with van der Waals surface area (Å²) in [5, 5.41) is 3.93. The van der Waals surface area contributed by atoms with Gasteiger partial charge in [-0.3, -0.25) is 9.59 Å². The number of aromatic amines is 1. The minimum Gasteiger partial charge on any atom is -0.497 e. The standard InChI is InChI=1S/C16H18N2O4.C2H6/c1-21-10-4-5-13-11(8-10)12-7-9(3-6-14(19)22-2)17-16(20)15(12)18-13;1-2/h4-5,8-9,18H,3,6-7H2,1-2H3,(H,17,20);1-2H3.